The zero-order valence-electron chi connectivity index (χ0n) is 10.1. The first-order valence-electron chi connectivity index (χ1n) is 5.51. The molecule has 0 saturated heterocycles. The van der Waals surface area contributed by atoms with Crippen LogP contribution in [0.4, 0.5) is 20.0 Å². The Bertz CT molecular complexity index is 569. The third-order valence-corrected chi connectivity index (χ3v) is 3.05. The van der Waals surface area contributed by atoms with Crippen LogP contribution in [0.3, 0.4) is 0 Å². The Kier molecular flexibility index (Phi) is 4.08. The SMILES string of the molecule is CC(O)c1csc(NC(=O)Nc2ccc(F)cc2)n1. The van der Waals surface area contributed by atoms with Crippen molar-refractivity contribution in [3.63, 3.8) is 0 Å². The molecule has 0 radical (unpaired) electrons. The fourth-order valence-electron chi connectivity index (χ4n) is 1.33. The van der Waals surface area contributed by atoms with Crippen LogP contribution in [0.25, 0.3) is 0 Å². The van der Waals surface area contributed by atoms with Crippen LogP contribution in [-0.2, 0) is 0 Å². The molecule has 0 spiro atoms. The maximum absolute atomic E-state index is 12.7. The average molecular weight is 281 g/mol. The van der Waals surface area contributed by atoms with Crippen molar-refractivity contribution in [2.45, 2.75) is 13.0 Å². The van der Waals surface area contributed by atoms with Gasteiger partial charge in [-0.05, 0) is 31.2 Å². The summed E-state index contributed by atoms with van der Waals surface area (Å²) in [5.41, 5.74) is 0.980. The number of hydrogen-bond donors (Lipinski definition) is 3. The summed E-state index contributed by atoms with van der Waals surface area (Å²) in [6.07, 6.45) is -0.674. The number of halogens is 1. The van der Waals surface area contributed by atoms with Crippen molar-refractivity contribution in [3.8, 4) is 0 Å². The van der Waals surface area contributed by atoms with E-state index < -0.39 is 12.1 Å². The predicted molar refractivity (Wildman–Crippen MR) is 71.8 cm³/mol. The number of nitrogens with zero attached hydrogens (tertiary/aromatic N) is 1. The molecule has 2 amide bonds. The van der Waals surface area contributed by atoms with Crippen LogP contribution >= 0.6 is 11.3 Å². The van der Waals surface area contributed by atoms with Crippen LogP contribution < -0.4 is 10.6 Å². The Morgan fingerprint density at radius 3 is 2.63 bits per heavy atom. The van der Waals surface area contributed by atoms with Gasteiger partial charge in [0.1, 0.15) is 5.82 Å². The van der Waals surface area contributed by atoms with E-state index >= 15 is 0 Å². The molecule has 2 aromatic rings. The quantitative estimate of drug-likeness (QED) is 0.809. The zero-order chi connectivity index (χ0) is 13.8. The van der Waals surface area contributed by atoms with E-state index in [-0.39, 0.29) is 5.82 Å². The smallest absolute Gasteiger partial charge is 0.325 e. The van der Waals surface area contributed by atoms with Gasteiger partial charge in [-0.15, -0.1) is 11.3 Å². The number of aliphatic hydroxyl groups excluding tert-OH is 1. The van der Waals surface area contributed by atoms with E-state index in [1.165, 1.54) is 35.6 Å². The Balaban J connectivity index is 1.95. The summed E-state index contributed by atoms with van der Waals surface area (Å²) < 4.78 is 12.7. The van der Waals surface area contributed by atoms with E-state index in [9.17, 15) is 14.3 Å². The number of anilines is 2. The number of aliphatic hydroxyl groups is 1. The number of aromatic nitrogens is 1. The number of amides is 2. The molecular weight excluding hydrogens is 269 g/mol. The number of carbonyl (C=O) groups excluding carboxylic acids is 1. The van der Waals surface area contributed by atoms with E-state index in [0.717, 1.165) is 0 Å². The second-order valence-corrected chi connectivity index (χ2v) is 4.70. The topological polar surface area (TPSA) is 74.2 Å². The van der Waals surface area contributed by atoms with Gasteiger partial charge in [0.05, 0.1) is 11.8 Å². The van der Waals surface area contributed by atoms with Crippen molar-refractivity contribution in [2.24, 2.45) is 0 Å². The number of hydrogen-bond acceptors (Lipinski definition) is 4. The molecule has 0 aliphatic rings. The molecule has 3 N–H and O–H groups in total. The molecule has 100 valence electrons. The molecule has 19 heavy (non-hydrogen) atoms. The van der Waals surface area contributed by atoms with Gasteiger partial charge in [-0.25, -0.2) is 14.2 Å². The highest BCUT2D eigenvalue weighted by Crippen LogP contribution is 2.20. The van der Waals surface area contributed by atoms with Gasteiger partial charge in [0.25, 0.3) is 0 Å². The number of nitrogens with one attached hydrogen (secondary N) is 2. The van der Waals surface area contributed by atoms with Gasteiger partial charge in [0, 0.05) is 11.1 Å². The minimum atomic E-state index is -0.674. The van der Waals surface area contributed by atoms with Crippen LogP contribution in [0.5, 0.6) is 0 Å². The third kappa shape index (κ3) is 3.73. The Morgan fingerprint density at radius 2 is 2.05 bits per heavy atom. The van der Waals surface area contributed by atoms with Crippen molar-refractivity contribution in [2.75, 3.05) is 10.6 Å². The molecule has 1 aromatic carbocycles. The number of carbonyl (C=O) groups is 1. The van der Waals surface area contributed by atoms with E-state index in [4.69, 9.17) is 0 Å². The normalized spacial score (nSPS) is 11.9. The summed E-state index contributed by atoms with van der Waals surface area (Å²) in [7, 11) is 0. The first kappa shape index (κ1) is 13.4. The van der Waals surface area contributed by atoms with Crippen molar-refractivity contribution in [1.29, 1.82) is 0 Å². The number of benzene rings is 1. The molecular formula is C12H12FN3O2S. The van der Waals surface area contributed by atoms with Gasteiger partial charge in [-0.2, -0.15) is 0 Å². The number of thiazole rings is 1. The molecule has 1 aromatic heterocycles. The molecule has 1 unspecified atom stereocenters. The van der Waals surface area contributed by atoms with Gasteiger partial charge in [-0.1, -0.05) is 0 Å². The monoisotopic (exact) mass is 281 g/mol. The Hall–Kier alpha value is -1.99. The van der Waals surface area contributed by atoms with Crippen LogP contribution in [0, 0.1) is 5.82 Å². The van der Waals surface area contributed by atoms with Gasteiger partial charge < -0.3 is 10.4 Å². The van der Waals surface area contributed by atoms with Crippen molar-refractivity contribution in [1.82, 2.24) is 4.98 Å². The summed E-state index contributed by atoms with van der Waals surface area (Å²) in [6, 6.07) is 4.95. The molecule has 0 saturated carbocycles. The van der Waals surface area contributed by atoms with Gasteiger partial charge >= 0.3 is 6.03 Å². The average Bonchev–Trinajstić information content (AvgIpc) is 2.80. The van der Waals surface area contributed by atoms with Gasteiger partial charge in [-0.3, -0.25) is 5.32 Å². The number of rotatable bonds is 3. The van der Waals surface area contributed by atoms with E-state index in [1.807, 2.05) is 0 Å². The lowest BCUT2D eigenvalue weighted by atomic mass is 10.3. The molecule has 0 aliphatic heterocycles. The third-order valence-electron chi connectivity index (χ3n) is 2.27. The highest BCUT2D eigenvalue weighted by molar-refractivity contribution is 7.13. The lowest BCUT2D eigenvalue weighted by Gasteiger charge is -2.05. The lowest BCUT2D eigenvalue weighted by molar-refractivity contribution is 0.195. The molecule has 5 nitrogen and oxygen atoms in total. The highest BCUT2D eigenvalue weighted by atomic mass is 32.1. The van der Waals surface area contributed by atoms with Crippen LogP contribution in [0.1, 0.15) is 18.7 Å². The molecule has 7 heteroatoms. The van der Waals surface area contributed by atoms with E-state index in [1.54, 1.807) is 12.3 Å². The summed E-state index contributed by atoms with van der Waals surface area (Å²) in [5.74, 6) is -0.368. The van der Waals surface area contributed by atoms with Crippen LogP contribution in [0.2, 0.25) is 0 Å². The van der Waals surface area contributed by atoms with Crippen LogP contribution in [0.15, 0.2) is 29.6 Å². The molecule has 0 bridgehead atoms. The maximum Gasteiger partial charge on any atom is 0.325 e. The highest BCUT2D eigenvalue weighted by Gasteiger charge is 2.09. The molecule has 1 atom stereocenters. The summed E-state index contributed by atoms with van der Waals surface area (Å²) in [5, 5.41) is 16.4. The van der Waals surface area contributed by atoms with E-state index in [0.29, 0.717) is 16.5 Å². The van der Waals surface area contributed by atoms with Gasteiger partial charge in [0.2, 0.25) is 0 Å². The van der Waals surface area contributed by atoms with Gasteiger partial charge in [0.15, 0.2) is 5.13 Å². The summed E-state index contributed by atoms with van der Waals surface area (Å²) in [4.78, 5) is 15.7. The summed E-state index contributed by atoms with van der Waals surface area (Å²) >= 11 is 1.22. The maximum atomic E-state index is 12.7. The second kappa shape index (κ2) is 5.77. The fraction of sp³-hybridized carbons (Fsp3) is 0.167. The fourth-order valence-corrected chi connectivity index (χ4v) is 2.12. The molecule has 0 aliphatic carbocycles. The minimum Gasteiger partial charge on any atom is -0.387 e. The predicted octanol–water partition coefficient (Wildman–Crippen LogP) is 2.98. The largest absolute Gasteiger partial charge is 0.387 e. The second-order valence-electron chi connectivity index (χ2n) is 3.84. The van der Waals surface area contributed by atoms with Crippen LogP contribution in [-0.4, -0.2) is 16.1 Å². The number of urea groups is 1. The lowest BCUT2D eigenvalue weighted by Crippen LogP contribution is -2.19. The first-order valence-corrected chi connectivity index (χ1v) is 6.39. The van der Waals surface area contributed by atoms with E-state index in [2.05, 4.69) is 15.6 Å². The zero-order valence-corrected chi connectivity index (χ0v) is 10.9. The van der Waals surface area contributed by atoms with Crippen molar-refractivity contribution in [3.05, 3.63) is 41.2 Å². The summed E-state index contributed by atoms with van der Waals surface area (Å²) in [6.45, 7) is 1.59. The minimum absolute atomic E-state index is 0.368. The molecule has 0 fully saturated rings. The molecule has 2 rings (SSSR count). The van der Waals surface area contributed by atoms with Crippen molar-refractivity contribution >= 4 is 28.2 Å². The Morgan fingerprint density at radius 1 is 1.37 bits per heavy atom. The standard InChI is InChI=1S/C12H12FN3O2S/c1-7(17)10-6-19-12(15-10)16-11(18)14-9-4-2-8(13)3-5-9/h2-7,17H,1H3,(H2,14,15,16,18). The molecule has 1 heterocycles. The first-order chi connectivity index (χ1) is 9.04. The van der Waals surface area contributed by atoms with Crippen molar-refractivity contribution < 1.29 is 14.3 Å². The Labute approximate surface area is 113 Å².